The van der Waals surface area contributed by atoms with Gasteiger partial charge in [-0.2, -0.15) is 0 Å². The zero-order valence-electron chi connectivity index (χ0n) is 20.3. The van der Waals surface area contributed by atoms with E-state index in [4.69, 9.17) is 14.3 Å². The Labute approximate surface area is 213 Å². The Hall–Kier alpha value is -4.79. The molecule has 0 aliphatic rings. The van der Waals surface area contributed by atoms with Gasteiger partial charge < -0.3 is 14.3 Å². The summed E-state index contributed by atoms with van der Waals surface area (Å²) in [6.07, 6.45) is 0.978. The van der Waals surface area contributed by atoms with Crippen molar-refractivity contribution in [3.8, 4) is 22.9 Å². The summed E-state index contributed by atoms with van der Waals surface area (Å²) in [4.78, 5) is 22.1. The zero-order chi connectivity index (χ0) is 25.5. The smallest absolute Gasteiger partial charge is 0.336 e. The van der Waals surface area contributed by atoms with E-state index in [2.05, 4.69) is 20.4 Å². The molecule has 2 heterocycles. The highest BCUT2D eigenvalue weighted by atomic mass is 16.7. The number of para-hydroxylation sites is 1. The van der Waals surface area contributed by atoms with Crippen molar-refractivity contribution >= 4 is 16.9 Å². The SMILES string of the molecule is CCCC(=O)On1nnc(-c2ccc(COc3cccc(OCc4ccc5ccccc5n4)c3)cc2)n1. The summed E-state index contributed by atoms with van der Waals surface area (Å²) in [5.41, 5.74) is 3.53. The predicted octanol–water partition coefficient (Wildman–Crippen LogP) is 4.80. The molecule has 37 heavy (non-hydrogen) atoms. The van der Waals surface area contributed by atoms with Crippen molar-refractivity contribution < 1.29 is 19.1 Å². The van der Waals surface area contributed by atoms with Gasteiger partial charge in [0, 0.05) is 28.4 Å². The third-order valence-electron chi connectivity index (χ3n) is 5.50. The van der Waals surface area contributed by atoms with Gasteiger partial charge in [-0.1, -0.05) is 66.6 Å². The number of fused-ring (bicyclic) bond motifs is 1. The highest BCUT2D eigenvalue weighted by molar-refractivity contribution is 5.78. The predicted molar refractivity (Wildman–Crippen MR) is 137 cm³/mol. The van der Waals surface area contributed by atoms with Crippen molar-refractivity contribution in [3.05, 3.63) is 96.2 Å². The standard InChI is InChI=1S/C28H25N5O4/c1-2-6-27(34)37-33-31-28(30-32-33)22-13-11-20(12-14-22)18-35-24-8-5-9-25(17-24)36-19-23-16-15-21-7-3-4-10-26(21)29-23/h3-5,7-17H,2,6,18-19H2,1H3. The first-order valence-corrected chi connectivity index (χ1v) is 12.0. The van der Waals surface area contributed by atoms with Gasteiger partial charge in [0.25, 0.3) is 0 Å². The van der Waals surface area contributed by atoms with Crippen LogP contribution in [0.4, 0.5) is 0 Å². The topological polar surface area (TPSA) is 101 Å². The second-order valence-electron chi connectivity index (χ2n) is 8.32. The lowest BCUT2D eigenvalue weighted by molar-refractivity contribution is -0.148. The Morgan fingerprint density at radius 1 is 0.865 bits per heavy atom. The number of ether oxygens (including phenoxy) is 2. The van der Waals surface area contributed by atoms with Crippen LogP contribution in [0.5, 0.6) is 11.5 Å². The van der Waals surface area contributed by atoms with Crippen LogP contribution < -0.4 is 14.3 Å². The maximum atomic E-state index is 11.6. The van der Waals surface area contributed by atoms with Crippen LogP contribution in [0.15, 0.2) is 84.9 Å². The molecule has 5 aromatic rings. The summed E-state index contributed by atoms with van der Waals surface area (Å²) in [5, 5.41) is 12.9. The molecular weight excluding hydrogens is 470 g/mol. The molecule has 0 N–H and O–H groups in total. The minimum atomic E-state index is -0.404. The fraction of sp³-hybridized carbons (Fsp3) is 0.179. The largest absolute Gasteiger partial charge is 0.489 e. The molecule has 5 rings (SSSR count). The first-order valence-electron chi connectivity index (χ1n) is 12.0. The van der Waals surface area contributed by atoms with Crippen LogP contribution in [0.1, 0.15) is 31.0 Å². The van der Waals surface area contributed by atoms with Crippen molar-refractivity contribution in [2.45, 2.75) is 33.0 Å². The molecule has 0 aliphatic carbocycles. The monoisotopic (exact) mass is 495 g/mol. The highest BCUT2D eigenvalue weighted by Gasteiger charge is 2.10. The fourth-order valence-corrected chi connectivity index (χ4v) is 3.61. The van der Waals surface area contributed by atoms with Crippen molar-refractivity contribution in [1.82, 2.24) is 25.4 Å². The number of hydrogen-bond acceptors (Lipinski definition) is 8. The minimum Gasteiger partial charge on any atom is -0.489 e. The summed E-state index contributed by atoms with van der Waals surface area (Å²) >= 11 is 0. The molecule has 9 heteroatoms. The maximum absolute atomic E-state index is 11.6. The van der Waals surface area contributed by atoms with Gasteiger partial charge in [-0.3, -0.25) is 0 Å². The van der Waals surface area contributed by atoms with E-state index in [0.717, 1.165) is 32.7 Å². The number of aromatic nitrogens is 5. The average Bonchev–Trinajstić information content (AvgIpc) is 3.39. The van der Waals surface area contributed by atoms with E-state index >= 15 is 0 Å². The molecule has 0 atom stereocenters. The van der Waals surface area contributed by atoms with Crippen molar-refractivity contribution in [1.29, 1.82) is 0 Å². The number of nitrogens with zero attached hydrogens (tertiary/aromatic N) is 5. The molecule has 0 bridgehead atoms. The summed E-state index contributed by atoms with van der Waals surface area (Å²) < 4.78 is 11.9. The third-order valence-corrected chi connectivity index (χ3v) is 5.50. The molecule has 0 fully saturated rings. The first kappa shape index (κ1) is 23.9. The Kier molecular flexibility index (Phi) is 7.31. The van der Waals surface area contributed by atoms with Crippen LogP contribution in [0.3, 0.4) is 0 Å². The van der Waals surface area contributed by atoms with E-state index in [1.54, 1.807) is 0 Å². The fourth-order valence-electron chi connectivity index (χ4n) is 3.61. The van der Waals surface area contributed by atoms with Crippen LogP contribution in [0.25, 0.3) is 22.3 Å². The molecule has 9 nitrogen and oxygen atoms in total. The van der Waals surface area contributed by atoms with Crippen LogP contribution in [0.2, 0.25) is 0 Å². The van der Waals surface area contributed by atoms with Crippen LogP contribution in [0, 0.1) is 0 Å². The Morgan fingerprint density at radius 3 is 2.46 bits per heavy atom. The second-order valence-corrected chi connectivity index (χ2v) is 8.32. The quantitative estimate of drug-likeness (QED) is 0.255. The molecule has 0 saturated carbocycles. The van der Waals surface area contributed by atoms with Gasteiger partial charge in [0.15, 0.2) is 0 Å². The van der Waals surface area contributed by atoms with Gasteiger partial charge in [-0.25, -0.2) is 9.78 Å². The van der Waals surface area contributed by atoms with Crippen LogP contribution in [-0.2, 0) is 18.0 Å². The number of carbonyl (C=O) groups is 1. The van der Waals surface area contributed by atoms with E-state index in [-0.39, 0.29) is 0 Å². The van der Waals surface area contributed by atoms with E-state index < -0.39 is 5.97 Å². The molecule has 0 aliphatic heterocycles. The third kappa shape index (κ3) is 6.26. The Bertz CT molecular complexity index is 1500. The lowest BCUT2D eigenvalue weighted by Crippen LogP contribution is -2.21. The van der Waals surface area contributed by atoms with Crippen molar-refractivity contribution in [3.63, 3.8) is 0 Å². The zero-order valence-corrected chi connectivity index (χ0v) is 20.3. The summed E-state index contributed by atoms with van der Waals surface area (Å²) in [6.45, 7) is 2.64. The molecule has 3 aromatic carbocycles. The van der Waals surface area contributed by atoms with E-state index in [9.17, 15) is 4.79 Å². The van der Waals surface area contributed by atoms with E-state index in [1.807, 2.05) is 91.9 Å². The first-order chi connectivity index (χ1) is 18.2. The summed E-state index contributed by atoms with van der Waals surface area (Å²) in [5.74, 6) is 1.37. The van der Waals surface area contributed by atoms with Gasteiger partial charge in [0.05, 0.1) is 11.2 Å². The number of benzene rings is 3. The van der Waals surface area contributed by atoms with Gasteiger partial charge in [0.1, 0.15) is 24.7 Å². The van der Waals surface area contributed by atoms with Crippen LogP contribution in [-0.4, -0.2) is 31.3 Å². The molecule has 0 radical (unpaired) electrons. The van der Waals surface area contributed by atoms with Gasteiger partial charge in [-0.15, -0.1) is 5.10 Å². The molecule has 0 amide bonds. The van der Waals surface area contributed by atoms with Crippen molar-refractivity contribution in [2.75, 3.05) is 0 Å². The van der Waals surface area contributed by atoms with Gasteiger partial charge in [0.2, 0.25) is 5.82 Å². The number of pyridine rings is 1. The molecule has 0 spiro atoms. The Balaban J connectivity index is 1.15. The van der Waals surface area contributed by atoms with E-state index in [0.29, 0.717) is 43.4 Å². The highest BCUT2D eigenvalue weighted by Crippen LogP contribution is 2.22. The lowest BCUT2D eigenvalue weighted by Gasteiger charge is -2.10. The molecule has 0 unspecified atom stereocenters. The van der Waals surface area contributed by atoms with Crippen LogP contribution >= 0.6 is 0 Å². The summed E-state index contributed by atoms with van der Waals surface area (Å²) in [7, 11) is 0. The Morgan fingerprint density at radius 2 is 1.65 bits per heavy atom. The van der Waals surface area contributed by atoms with Gasteiger partial charge in [-0.05, 0) is 41.5 Å². The average molecular weight is 496 g/mol. The second kappa shape index (κ2) is 11.3. The number of tetrazole rings is 1. The normalized spacial score (nSPS) is 10.8. The number of rotatable bonds is 10. The number of carbonyl (C=O) groups excluding carboxylic acids is 1. The minimum absolute atomic E-state index is 0.294. The van der Waals surface area contributed by atoms with E-state index in [1.165, 1.54) is 0 Å². The van der Waals surface area contributed by atoms with Crippen molar-refractivity contribution in [2.24, 2.45) is 0 Å². The molecule has 2 aromatic heterocycles. The number of hydrogen-bond donors (Lipinski definition) is 0. The molecule has 0 saturated heterocycles. The van der Waals surface area contributed by atoms with Gasteiger partial charge >= 0.3 is 5.97 Å². The molecular formula is C28H25N5O4. The summed E-state index contributed by atoms with van der Waals surface area (Å²) in [6, 6.07) is 27.1. The lowest BCUT2D eigenvalue weighted by atomic mass is 10.1. The maximum Gasteiger partial charge on any atom is 0.336 e. The molecule has 186 valence electrons.